The van der Waals surface area contributed by atoms with Gasteiger partial charge in [-0.15, -0.1) is 0 Å². The van der Waals surface area contributed by atoms with Crippen LogP contribution in [0.1, 0.15) is 29.2 Å². The van der Waals surface area contributed by atoms with E-state index in [9.17, 15) is 27.1 Å². The van der Waals surface area contributed by atoms with Crippen molar-refractivity contribution in [3.63, 3.8) is 0 Å². The third-order valence-corrected chi connectivity index (χ3v) is 4.36. The molecule has 2 aromatic rings. The molecule has 0 unspecified atom stereocenters. The first kappa shape index (κ1) is 18.1. The summed E-state index contributed by atoms with van der Waals surface area (Å²) in [5.74, 6) is -1.39. The zero-order valence-corrected chi connectivity index (χ0v) is 13.3. The van der Waals surface area contributed by atoms with Crippen molar-refractivity contribution in [3.8, 4) is 6.07 Å². The molecule has 2 atom stereocenters. The number of aliphatic hydroxyl groups is 1. The van der Waals surface area contributed by atoms with Crippen molar-refractivity contribution in [3.05, 3.63) is 64.7 Å². The molecule has 1 aliphatic heterocycles. The van der Waals surface area contributed by atoms with Crippen LogP contribution in [0.15, 0.2) is 36.4 Å². The van der Waals surface area contributed by atoms with Gasteiger partial charge in [-0.3, -0.25) is 0 Å². The first-order chi connectivity index (χ1) is 12.2. The molecule has 2 aromatic carbocycles. The van der Waals surface area contributed by atoms with E-state index in [0.717, 1.165) is 30.3 Å². The van der Waals surface area contributed by atoms with Gasteiger partial charge < -0.3 is 10.0 Å². The van der Waals surface area contributed by atoms with Gasteiger partial charge in [0.1, 0.15) is 11.6 Å². The second kappa shape index (κ2) is 6.57. The molecule has 0 spiro atoms. The second-order valence-electron chi connectivity index (χ2n) is 6.06. The van der Waals surface area contributed by atoms with E-state index in [4.69, 9.17) is 5.26 Å². The van der Waals surface area contributed by atoms with Gasteiger partial charge in [-0.1, -0.05) is 0 Å². The average Bonchev–Trinajstić information content (AvgIpc) is 2.97. The lowest BCUT2D eigenvalue weighted by Crippen LogP contribution is -2.25. The monoisotopic (exact) mass is 368 g/mol. The van der Waals surface area contributed by atoms with E-state index in [1.165, 1.54) is 17.0 Å². The van der Waals surface area contributed by atoms with Crippen molar-refractivity contribution >= 4 is 5.69 Å². The molecule has 0 saturated carbocycles. The van der Waals surface area contributed by atoms with Crippen molar-refractivity contribution in [1.82, 2.24) is 0 Å². The number of benzene rings is 2. The maximum Gasteiger partial charge on any atom is 0.417 e. The topological polar surface area (TPSA) is 47.3 Å². The number of nitrogens with zero attached hydrogens (tertiary/aromatic N) is 2. The van der Waals surface area contributed by atoms with Crippen LogP contribution in [-0.2, 0) is 6.18 Å². The molecule has 8 heteroatoms. The minimum absolute atomic E-state index is 0.0379. The Morgan fingerprint density at radius 2 is 1.85 bits per heavy atom. The number of nitriles is 1. The number of rotatable bonds is 2. The summed E-state index contributed by atoms with van der Waals surface area (Å²) >= 11 is 0. The Morgan fingerprint density at radius 3 is 2.50 bits per heavy atom. The van der Waals surface area contributed by atoms with Gasteiger partial charge in [0, 0.05) is 17.8 Å². The first-order valence-electron chi connectivity index (χ1n) is 7.71. The molecule has 0 bridgehead atoms. The van der Waals surface area contributed by atoms with E-state index in [1.807, 2.05) is 0 Å². The van der Waals surface area contributed by atoms with Crippen LogP contribution in [0.5, 0.6) is 0 Å². The van der Waals surface area contributed by atoms with Crippen molar-refractivity contribution in [2.24, 2.45) is 0 Å². The van der Waals surface area contributed by atoms with Crippen LogP contribution < -0.4 is 4.90 Å². The predicted octanol–water partition coefficient (Wildman–Crippen LogP) is 4.17. The lowest BCUT2D eigenvalue weighted by atomic mass is 10.0. The van der Waals surface area contributed by atoms with Crippen molar-refractivity contribution in [2.45, 2.75) is 24.7 Å². The maximum atomic E-state index is 14.1. The Bertz CT molecular complexity index is 875. The Labute approximate surface area is 145 Å². The molecular weight excluding hydrogens is 355 g/mol. The fourth-order valence-corrected chi connectivity index (χ4v) is 3.21. The average molecular weight is 368 g/mol. The molecule has 3 nitrogen and oxygen atoms in total. The molecule has 0 aromatic heterocycles. The maximum absolute atomic E-state index is 14.1. The number of alkyl halides is 3. The standard InChI is InChI=1S/C18H13F5N2O/c19-11-2-4-16(20)14(5-11)17-7-13(26)9-25(17)12-3-1-10(8-24)15(6-12)18(21,22)23/h1-6,13,17,26H,7,9H2/t13-,17-/m1/s1. The van der Waals surface area contributed by atoms with Crippen molar-refractivity contribution in [1.29, 1.82) is 5.26 Å². The van der Waals surface area contributed by atoms with E-state index in [0.29, 0.717) is 0 Å². The summed E-state index contributed by atoms with van der Waals surface area (Å²) in [4.78, 5) is 1.39. The zero-order chi connectivity index (χ0) is 19.1. The number of halogens is 5. The van der Waals surface area contributed by atoms with Crippen LogP contribution in [-0.4, -0.2) is 17.8 Å². The van der Waals surface area contributed by atoms with Gasteiger partial charge in [0.2, 0.25) is 0 Å². The number of β-amino-alcohol motifs (C(OH)–C–C–N with tert-alkyl or cyclic N) is 1. The van der Waals surface area contributed by atoms with Crippen LogP contribution >= 0.6 is 0 Å². The molecule has 1 fully saturated rings. The smallest absolute Gasteiger partial charge is 0.391 e. The molecular formula is C18H13F5N2O. The number of anilines is 1. The number of aliphatic hydroxyl groups excluding tert-OH is 1. The normalized spacial score (nSPS) is 20.3. The lowest BCUT2D eigenvalue weighted by molar-refractivity contribution is -0.137. The summed E-state index contributed by atoms with van der Waals surface area (Å²) in [5, 5.41) is 18.8. The van der Waals surface area contributed by atoms with Crippen molar-refractivity contribution in [2.75, 3.05) is 11.4 Å². The number of hydrogen-bond acceptors (Lipinski definition) is 3. The van der Waals surface area contributed by atoms with Gasteiger partial charge in [0.15, 0.2) is 0 Å². The zero-order valence-electron chi connectivity index (χ0n) is 13.3. The van der Waals surface area contributed by atoms with Gasteiger partial charge in [-0.05, 0) is 42.8 Å². The van der Waals surface area contributed by atoms with Gasteiger partial charge >= 0.3 is 6.18 Å². The SMILES string of the molecule is N#Cc1ccc(N2C[C@H](O)C[C@@H]2c2cc(F)ccc2F)cc1C(F)(F)F. The lowest BCUT2D eigenvalue weighted by Gasteiger charge is -2.28. The van der Waals surface area contributed by atoms with Crippen LogP contribution in [0.4, 0.5) is 27.6 Å². The third-order valence-electron chi connectivity index (χ3n) is 4.36. The fraction of sp³-hybridized carbons (Fsp3) is 0.278. The molecule has 1 aliphatic rings. The molecule has 3 rings (SSSR count). The Kier molecular flexibility index (Phi) is 4.59. The summed E-state index contributed by atoms with van der Waals surface area (Å²) < 4.78 is 67.2. The minimum Gasteiger partial charge on any atom is -0.391 e. The molecule has 0 amide bonds. The van der Waals surface area contributed by atoms with E-state index in [-0.39, 0.29) is 24.2 Å². The minimum atomic E-state index is -4.74. The third kappa shape index (κ3) is 3.35. The summed E-state index contributed by atoms with van der Waals surface area (Å²) in [7, 11) is 0. The summed E-state index contributed by atoms with van der Waals surface area (Å²) in [5.41, 5.74) is -1.62. The van der Waals surface area contributed by atoms with Crippen LogP contribution in [0, 0.1) is 23.0 Å². The summed E-state index contributed by atoms with van der Waals surface area (Å²) in [6.45, 7) is -0.0379. The van der Waals surface area contributed by atoms with E-state index < -0.39 is 41.1 Å². The fourth-order valence-electron chi connectivity index (χ4n) is 3.21. The second-order valence-corrected chi connectivity index (χ2v) is 6.06. The molecule has 26 heavy (non-hydrogen) atoms. The van der Waals surface area contributed by atoms with Gasteiger partial charge in [0.25, 0.3) is 0 Å². The predicted molar refractivity (Wildman–Crippen MR) is 83.2 cm³/mol. The molecule has 1 N–H and O–H groups in total. The van der Waals surface area contributed by atoms with E-state index in [1.54, 1.807) is 0 Å². The molecule has 136 valence electrons. The van der Waals surface area contributed by atoms with Gasteiger partial charge in [0.05, 0.1) is 29.3 Å². The van der Waals surface area contributed by atoms with E-state index in [2.05, 4.69) is 0 Å². The highest BCUT2D eigenvalue weighted by Gasteiger charge is 2.37. The van der Waals surface area contributed by atoms with Gasteiger partial charge in [-0.2, -0.15) is 18.4 Å². The van der Waals surface area contributed by atoms with E-state index >= 15 is 0 Å². The molecule has 1 saturated heterocycles. The Balaban J connectivity index is 2.07. The van der Waals surface area contributed by atoms with Gasteiger partial charge in [-0.25, -0.2) is 8.78 Å². The Morgan fingerprint density at radius 1 is 1.12 bits per heavy atom. The first-order valence-corrected chi connectivity index (χ1v) is 7.71. The molecule has 1 heterocycles. The summed E-state index contributed by atoms with van der Waals surface area (Å²) in [6, 6.07) is 6.64. The highest BCUT2D eigenvalue weighted by molar-refractivity contribution is 5.57. The quantitative estimate of drug-likeness (QED) is 0.810. The number of hydrogen-bond donors (Lipinski definition) is 1. The largest absolute Gasteiger partial charge is 0.417 e. The highest BCUT2D eigenvalue weighted by atomic mass is 19.4. The van der Waals surface area contributed by atoms with Crippen LogP contribution in [0.25, 0.3) is 0 Å². The Hall–Kier alpha value is -2.66. The molecule has 0 aliphatic carbocycles. The summed E-state index contributed by atoms with van der Waals surface area (Å²) in [6.07, 6.45) is -5.60. The van der Waals surface area contributed by atoms with Crippen LogP contribution in [0.2, 0.25) is 0 Å². The molecule has 0 radical (unpaired) electrons. The highest BCUT2D eigenvalue weighted by Crippen LogP contribution is 2.40. The van der Waals surface area contributed by atoms with Crippen molar-refractivity contribution < 1.29 is 27.1 Å². The van der Waals surface area contributed by atoms with Crippen LogP contribution in [0.3, 0.4) is 0 Å².